The third-order valence-electron chi connectivity index (χ3n) is 5.37. The van der Waals surface area contributed by atoms with Crippen molar-refractivity contribution in [3.8, 4) is 11.9 Å². The number of aromatic nitrogens is 4. The van der Waals surface area contributed by atoms with Gasteiger partial charge in [-0.15, -0.1) is 0 Å². The number of carbonyl (C=O) groups is 1. The lowest BCUT2D eigenvalue weighted by atomic mass is 10.0. The zero-order valence-corrected chi connectivity index (χ0v) is 17.7. The summed E-state index contributed by atoms with van der Waals surface area (Å²) in [7, 11) is 0. The Morgan fingerprint density at radius 1 is 1.12 bits per heavy atom. The van der Waals surface area contributed by atoms with Crippen LogP contribution in [-0.2, 0) is 0 Å². The maximum absolute atomic E-state index is 13.0. The monoisotopic (exact) mass is 422 g/mol. The number of hydrogen-bond donors (Lipinski definition) is 1. The fourth-order valence-corrected chi connectivity index (χ4v) is 3.84. The van der Waals surface area contributed by atoms with Crippen molar-refractivity contribution in [2.24, 2.45) is 0 Å². The van der Waals surface area contributed by atoms with Crippen LogP contribution >= 0.6 is 0 Å². The molecule has 156 valence electrons. The second kappa shape index (κ2) is 7.32. The first-order valence-corrected chi connectivity index (χ1v) is 9.96. The highest BCUT2D eigenvalue weighted by Crippen LogP contribution is 2.27. The molecule has 8 heteroatoms. The topological polar surface area (TPSA) is 110 Å². The van der Waals surface area contributed by atoms with Crippen LogP contribution in [0.5, 0.6) is 0 Å². The highest BCUT2D eigenvalue weighted by molar-refractivity contribution is 6.06. The number of benzene rings is 2. The van der Waals surface area contributed by atoms with Gasteiger partial charge in [0, 0.05) is 10.9 Å². The largest absolute Gasteiger partial charge is 0.443 e. The molecular weight excluding hydrogens is 404 g/mol. The van der Waals surface area contributed by atoms with Gasteiger partial charge in [-0.1, -0.05) is 11.6 Å². The van der Waals surface area contributed by atoms with Crippen molar-refractivity contribution in [1.29, 1.82) is 5.26 Å². The van der Waals surface area contributed by atoms with Crippen molar-refractivity contribution in [2.75, 3.05) is 5.32 Å². The summed E-state index contributed by atoms with van der Waals surface area (Å²) in [5.74, 6) is 0.386. The molecular formula is C24H18N6O2. The van der Waals surface area contributed by atoms with Crippen molar-refractivity contribution >= 4 is 33.7 Å². The SMILES string of the molecule is Cc1cc(C)c2nc(-n3ncc(C#N)c3NC(=O)c3ccc4ocnc4c3)cc(C)c2c1. The van der Waals surface area contributed by atoms with Crippen LogP contribution in [0.4, 0.5) is 5.82 Å². The Labute approximate surface area is 183 Å². The molecule has 2 aromatic carbocycles. The third-order valence-corrected chi connectivity index (χ3v) is 5.37. The number of nitriles is 1. The quantitative estimate of drug-likeness (QED) is 0.455. The molecule has 0 aliphatic heterocycles. The van der Waals surface area contributed by atoms with Crippen molar-refractivity contribution in [3.05, 3.63) is 76.8 Å². The van der Waals surface area contributed by atoms with Gasteiger partial charge in [-0.25, -0.2) is 9.97 Å². The first-order valence-electron chi connectivity index (χ1n) is 9.96. The van der Waals surface area contributed by atoms with Crippen LogP contribution in [0.2, 0.25) is 0 Å². The smallest absolute Gasteiger partial charge is 0.256 e. The molecule has 32 heavy (non-hydrogen) atoms. The van der Waals surface area contributed by atoms with E-state index in [0.717, 1.165) is 27.6 Å². The van der Waals surface area contributed by atoms with Crippen molar-refractivity contribution in [1.82, 2.24) is 19.7 Å². The van der Waals surface area contributed by atoms with Gasteiger partial charge in [0.2, 0.25) is 0 Å². The molecule has 1 amide bonds. The fourth-order valence-electron chi connectivity index (χ4n) is 3.84. The molecule has 0 saturated carbocycles. The van der Waals surface area contributed by atoms with E-state index in [1.807, 2.05) is 19.9 Å². The summed E-state index contributed by atoms with van der Waals surface area (Å²) in [5, 5.41) is 17.8. The van der Waals surface area contributed by atoms with Gasteiger partial charge < -0.3 is 9.73 Å². The Bertz CT molecular complexity index is 1570. The molecule has 0 bridgehead atoms. The average molecular weight is 422 g/mol. The number of fused-ring (bicyclic) bond motifs is 2. The second-order valence-corrected chi connectivity index (χ2v) is 7.69. The summed E-state index contributed by atoms with van der Waals surface area (Å²) in [6, 6.07) is 13.1. The van der Waals surface area contributed by atoms with E-state index in [0.29, 0.717) is 22.5 Å². The molecule has 0 saturated heterocycles. The van der Waals surface area contributed by atoms with Gasteiger partial charge in [0.15, 0.2) is 23.6 Å². The zero-order chi connectivity index (χ0) is 22.4. The minimum Gasteiger partial charge on any atom is -0.443 e. The Balaban J connectivity index is 1.59. The lowest BCUT2D eigenvalue weighted by Crippen LogP contribution is -2.16. The Morgan fingerprint density at radius 3 is 2.78 bits per heavy atom. The van der Waals surface area contributed by atoms with Crippen LogP contribution in [0.1, 0.15) is 32.6 Å². The van der Waals surface area contributed by atoms with Crippen LogP contribution in [-0.4, -0.2) is 25.7 Å². The molecule has 0 spiro atoms. The van der Waals surface area contributed by atoms with E-state index in [4.69, 9.17) is 9.40 Å². The van der Waals surface area contributed by atoms with Gasteiger partial charge in [0.05, 0.1) is 11.7 Å². The van der Waals surface area contributed by atoms with Gasteiger partial charge in [0.1, 0.15) is 17.1 Å². The van der Waals surface area contributed by atoms with Crippen LogP contribution in [0.15, 0.2) is 53.4 Å². The number of oxazole rings is 1. The normalized spacial score (nSPS) is 11.1. The van der Waals surface area contributed by atoms with E-state index in [1.54, 1.807) is 18.2 Å². The molecule has 3 aromatic heterocycles. The van der Waals surface area contributed by atoms with E-state index in [1.165, 1.54) is 17.3 Å². The predicted molar refractivity (Wildman–Crippen MR) is 120 cm³/mol. The Morgan fingerprint density at radius 2 is 1.97 bits per heavy atom. The zero-order valence-electron chi connectivity index (χ0n) is 17.7. The lowest BCUT2D eigenvalue weighted by Gasteiger charge is -2.13. The summed E-state index contributed by atoms with van der Waals surface area (Å²) in [6.45, 7) is 6.07. The number of hydrogen-bond acceptors (Lipinski definition) is 6. The standard InChI is InChI=1S/C24H18N6O2/c1-13-6-15(3)22-18(7-13)14(2)8-21(28-22)30-23(17(10-25)11-27-30)29-24(31)16-4-5-20-19(9-16)26-12-32-20/h4-9,11-12H,1-3H3,(H,29,31). The van der Waals surface area contributed by atoms with Crippen LogP contribution in [0, 0.1) is 32.1 Å². The minimum absolute atomic E-state index is 0.237. The number of aryl methyl sites for hydroxylation is 3. The summed E-state index contributed by atoms with van der Waals surface area (Å²) in [5.41, 5.74) is 5.88. The fraction of sp³-hybridized carbons (Fsp3) is 0.125. The van der Waals surface area contributed by atoms with Gasteiger partial charge in [-0.2, -0.15) is 15.0 Å². The van der Waals surface area contributed by atoms with Gasteiger partial charge >= 0.3 is 0 Å². The molecule has 3 heterocycles. The molecule has 8 nitrogen and oxygen atoms in total. The highest BCUT2D eigenvalue weighted by atomic mass is 16.3. The molecule has 1 N–H and O–H groups in total. The van der Waals surface area contributed by atoms with E-state index < -0.39 is 5.91 Å². The molecule has 0 aliphatic carbocycles. The highest BCUT2D eigenvalue weighted by Gasteiger charge is 2.19. The van der Waals surface area contributed by atoms with Gasteiger partial charge in [0.25, 0.3) is 5.91 Å². The molecule has 0 fully saturated rings. The number of amides is 1. The van der Waals surface area contributed by atoms with E-state index in [-0.39, 0.29) is 11.4 Å². The van der Waals surface area contributed by atoms with E-state index >= 15 is 0 Å². The van der Waals surface area contributed by atoms with Crippen LogP contribution < -0.4 is 5.32 Å². The van der Waals surface area contributed by atoms with Crippen molar-refractivity contribution in [2.45, 2.75) is 20.8 Å². The molecule has 5 rings (SSSR count). The first kappa shape index (κ1) is 19.5. The second-order valence-electron chi connectivity index (χ2n) is 7.69. The van der Waals surface area contributed by atoms with Crippen molar-refractivity contribution in [3.63, 3.8) is 0 Å². The summed E-state index contributed by atoms with van der Waals surface area (Å²) >= 11 is 0. The molecule has 0 radical (unpaired) electrons. The number of carbonyl (C=O) groups excluding carboxylic acids is 1. The first-order chi connectivity index (χ1) is 15.4. The number of rotatable bonds is 3. The summed E-state index contributed by atoms with van der Waals surface area (Å²) < 4.78 is 6.71. The average Bonchev–Trinajstić information content (AvgIpc) is 3.40. The van der Waals surface area contributed by atoms with Crippen LogP contribution in [0.25, 0.3) is 27.8 Å². The number of nitrogens with one attached hydrogen (secondary N) is 1. The predicted octanol–water partition coefficient (Wildman–Crippen LogP) is 4.61. The Kier molecular flexibility index (Phi) is 4.45. The molecule has 0 unspecified atom stereocenters. The van der Waals surface area contributed by atoms with Crippen molar-refractivity contribution < 1.29 is 9.21 Å². The van der Waals surface area contributed by atoms with Crippen LogP contribution in [0.3, 0.4) is 0 Å². The van der Waals surface area contributed by atoms with Gasteiger partial charge in [-0.3, -0.25) is 4.79 Å². The Hall–Kier alpha value is -4.51. The third kappa shape index (κ3) is 3.17. The number of pyridine rings is 1. The number of nitrogens with zero attached hydrogens (tertiary/aromatic N) is 5. The summed E-state index contributed by atoms with van der Waals surface area (Å²) in [4.78, 5) is 21.8. The van der Waals surface area contributed by atoms with E-state index in [9.17, 15) is 10.1 Å². The van der Waals surface area contributed by atoms with E-state index in [2.05, 4.69) is 40.5 Å². The lowest BCUT2D eigenvalue weighted by molar-refractivity contribution is 0.102. The maximum Gasteiger partial charge on any atom is 0.256 e. The molecule has 0 aliphatic rings. The van der Waals surface area contributed by atoms with Gasteiger partial charge in [-0.05, 0) is 62.2 Å². The minimum atomic E-state index is -0.391. The maximum atomic E-state index is 13.0. The summed E-state index contributed by atoms with van der Waals surface area (Å²) in [6.07, 6.45) is 2.74. The molecule has 0 atom stereocenters. The number of anilines is 1. The molecule has 5 aromatic rings.